The first kappa shape index (κ1) is 41.3. The maximum atomic E-state index is 5.89. The Morgan fingerprint density at radius 2 is 0.343 bits per heavy atom. The van der Waals surface area contributed by atoms with E-state index in [0.29, 0.717) is 0 Å². The summed E-state index contributed by atoms with van der Waals surface area (Å²) < 4.78 is 47.1. The van der Waals surface area contributed by atoms with Gasteiger partial charge >= 0.3 is 244 Å². The standard InChI is InChI=1S/8C3H7O.3Ti/c8*1-3(2)4;;;/h8*3H,1-2H3;;;/q8*-1;2*+2;+4. The number of hydrogen-bond acceptors (Lipinski definition) is 8. The van der Waals surface area contributed by atoms with Crippen LogP contribution in [0, 0.1) is 0 Å². The minimum atomic E-state index is -3.62. The molecule has 0 aliphatic carbocycles. The Balaban J connectivity index is -0.000000569. The Labute approximate surface area is 242 Å². The Morgan fingerprint density at radius 3 is 0.400 bits per heavy atom. The molecule has 0 saturated heterocycles. The minimum absolute atomic E-state index is 0. The van der Waals surface area contributed by atoms with E-state index in [1.54, 1.807) is 0 Å². The van der Waals surface area contributed by atoms with Crippen LogP contribution in [0.5, 0.6) is 0 Å². The van der Waals surface area contributed by atoms with Gasteiger partial charge in [-0.3, -0.25) is 0 Å². The molecule has 0 unspecified atom stereocenters. The molecule has 0 aromatic carbocycles. The van der Waals surface area contributed by atoms with Crippen molar-refractivity contribution in [1.29, 1.82) is 0 Å². The quantitative estimate of drug-likeness (QED) is 0.172. The van der Waals surface area contributed by atoms with Crippen molar-refractivity contribution in [1.82, 2.24) is 0 Å². The Morgan fingerprint density at radius 1 is 0.257 bits per heavy atom. The molecule has 35 heavy (non-hydrogen) atoms. The van der Waals surface area contributed by atoms with E-state index < -0.39 is 36.3 Å². The molecule has 0 bridgehead atoms. The fourth-order valence-corrected chi connectivity index (χ4v) is 10.9. The van der Waals surface area contributed by atoms with Crippen molar-refractivity contribution in [2.24, 2.45) is 0 Å². The van der Waals surface area contributed by atoms with Gasteiger partial charge in [-0.2, -0.15) is 0 Å². The topological polar surface area (TPSA) is 73.8 Å². The summed E-state index contributed by atoms with van der Waals surface area (Å²) in [7, 11) is 0. The van der Waals surface area contributed by atoms with Gasteiger partial charge in [0.25, 0.3) is 0 Å². The first-order chi connectivity index (χ1) is 15.3. The maximum absolute atomic E-state index is 5.89. The summed E-state index contributed by atoms with van der Waals surface area (Å²) in [6, 6.07) is 0. The summed E-state index contributed by atoms with van der Waals surface area (Å²) in [5, 5.41) is 0. The molecule has 0 radical (unpaired) electrons. The predicted molar refractivity (Wildman–Crippen MR) is 130 cm³/mol. The summed E-state index contributed by atoms with van der Waals surface area (Å²) in [6.45, 7) is 31.5. The third kappa shape index (κ3) is 23.4. The fourth-order valence-electron chi connectivity index (χ4n) is 2.64. The van der Waals surface area contributed by atoms with Crippen LogP contribution >= 0.6 is 0 Å². The molecule has 0 saturated carbocycles. The zero-order chi connectivity index (χ0) is 27.3. The third-order valence-corrected chi connectivity index (χ3v) is 12.5. The SMILES string of the molecule is CC(C)[O][Ti-2]([O]C(C)C)([O]C(C)C)[O]C(C)C.CC(C)[O][Ti-2]([O]C(C)C)([O]C(C)C)[O]C(C)C.[Ti+4]. The Bertz CT molecular complexity index is 366. The van der Waals surface area contributed by atoms with Crippen LogP contribution in [0.25, 0.3) is 0 Å². The maximum Gasteiger partial charge on any atom is 4.00 e. The van der Waals surface area contributed by atoms with E-state index in [-0.39, 0.29) is 70.5 Å². The summed E-state index contributed by atoms with van der Waals surface area (Å²) in [6.07, 6.45) is 0.269. The van der Waals surface area contributed by atoms with E-state index in [0.717, 1.165) is 0 Å². The summed E-state index contributed by atoms with van der Waals surface area (Å²) >= 11 is -7.24. The van der Waals surface area contributed by atoms with Crippen LogP contribution in [0.4, 0.5) is 0 Å². The number of rotatable bonds is 16. The van der Waals surface area contributed by atoms with E-state index in [1.165, 1.54) is 0 Å². The molecule has 0 atom stereocenters. The van der Waals surface area contributed by atoms with Crippen molar-refractivity contribution in [2.45, 2.75) is 160 Å². The minimum Gasteiger partial charge on any atom is 4.00 e. The molecule has 0 amide bonds. The zero-order valence-corrected chi connectivity index (χ0v) is 30.1. The van der Waals surface area contributed by atoms with Crippen LogP contribution < -0.4 is 0 Å². The van der Waals surface area contributed by atoms with Gasteiger partial charge in [0.2, 0.25) is 0 Å². The predicted octanol–water partition coefficient (Wildman–Crippen LogP) is 7.00. The van der Waals surface area contributed by atoms with Crippen LogP contribution in [0.2, 0.25) is 0 Å². The van der Waals surface area contributed by atoms with Gasteiger partial charge in [-0.05, 0) is 0 Å². The molecule has 0 N–H and O–H groups in total. The van der Waals surface area contributed by atoms with Crippen molar-refractivity contribution in [2.75, 3.05) is 0 Å². The van der Waals surface area contributed by atoms with Gasteiger partial charge in [-0.15, -0.1) is 0 Å². The van der Waals surface area contributed by atoms with E-state index in [9.17, 15) is 0 Å². The second-order valence-corrected chi connectivity index (χ2v) is 16.4. The van der Waals surface area contributed by atoms with E-state index in [4.69, 9.17) is 26.5 Å². The summed E-state index contributed by atoms with van der Waals surface area (Å²) in [5.41, 5.74) is 0. The van der Waals surface area contributed by atoms with Gasteiger partial charge in [0.15, 0.2) is 0 Å². The summed E-state index contributed by atoms with van der Waals surface area (Å²) in [4.78, 5) is 0. The normalized spacial score (nSPS) is 13.9. The molecule has 0 spiro atoms. The average molecular weight is 616 g/mol. The molecule has 0 aliphatic rings. The third-order valence-electron chi connectivity index (χ3n) is 3.04. The molecule has 8 nitrogen and oxygen atoms in total. The summed E-state index contributed by atoms with van der Waals surface area (Å²) in [5.74, 6) is 0. The van der Waals surface area contributed by atoms with Crippen molar-refractivity contribution < 1.29 is 84.5 Å². The van der Waals surface area contributed by atoms with Crippen LogP contribution in [0.1, 0.15) is 111 Å². The largest absolute Gasteiger partial charge is 4.00 e. The average Bonchev–Trinajstić information content (AvgIpc) is 2.48. The molecular formula is C24H56O8Ti3. The van der Waals surface area contributed by atoms with Crippen molar-refractivity contribution in [3.05, 3.63) is 0 Å². The van der Waals surface area contributed by atoms with Crippen LogP contribution in [-0.2, 0) is 84.5 Å². The molecule has 11 heteroatoms. The molecule has 0 fully saturated rings. The zero-order valence-electron chi connectivity index (χ0n) is 25.4. The Hall–Kier alpha value is 1.82. The Kier molecular flexibility index (Phi) is 24.4. The first-order valence-corrected chi connectivity index (χ1v) is 17.9. The van der Waals surface area contributed by atoms with Crippen LogP contribution in [0.15, 0.2) is 0 Å². The second-order valence-electron chi connectivity index (χ2n) is 10.3. The van der Waals surface area contributed by atoms with Crippen LogP contribution in [0.3, 0.4) is 0 Å². The van der Waals surface area contributed by atoms with Crippen molar-refractivity contribution in [3.63, 3.8) is 0 Å². The number of hydrogen-bond donors (Lipinski definition) is 0. The second kappa shape index (κ2) is 20.7. The van der Waals surface area contributed by atoms with E-state index in [1.807, 2.05) is 111 Å². The smallest absolute Gasteiger partial charge is 4.00 e. The van der Waals surface area contributed by atoms with Crippen molar-refractivity contribution in [3.8, 4) is 0 Å². The fraction of sp³-hybridized carbons (Fsp3) is 1.00. The molecular weight excluding hydrogens is 560 g/mol. The molecule has 0 aliphatic heterocycles. The van der Waals surface area contributed by atoms with Gasteiger partial charge in [0.1, 0.15) is 0 Å². The molecule has 0 heterocycles. The molecule has 212 valence electrons. The monoisotopic (exact) mass is 616 g/mol. The van der Waals surface area contributed by atoms with Gasteiger partial charge in [-0.25, -0.2) is 0 Å². The van der Waals surface area contributed by atoms with Gasteiger partial charge in [0, 0.05) is 0 Å². The van der Waals surface area contributed by atoms with E-state index in [2.05, 4.69) is 0 Å². The molecule has 0 aromatic rings. The van der Waals surface area contributed by atoms with Gasteiger partial charge in [0.05, 0.1) is 0 Å². The van der Waals surface area contributed by atoms with Gasteiger partial charge < -0.3 is 0 Å². The van der Waals surface area contributed by atoms with Gasteiger partial charge in [-0.1, -0.05) is 0 Å². The molecule has 0 rings (SSSR count). The first-order valence-electron chi connectivity index (χ1n) is 12.8. The molecule has 0 aromatic heterocycles. The van der Waals surface area contributed by atoms with E-state index >= 15 is 0 Å². The van der Waals surface area contributed by atoms with Crippen molar-refractivity contribution >= 4 is 0 Å². The van der Waals surface area contributed by atoms with Crippen LogP contribution in [-0.4, -0.2) is 48.8 Å².